The van der Waals surface area contributed by atoms with Gasteiger partial charge in [0.1, 0.15) is 28.2 Å². The number of hydrogen-bond acceptors (Lipinski definition) is 6. The predicted octanol–water partition coefficient (Wildman–Crippen LogP) is 4.05. The Morgan fingerprint density at radius 1 is 1.30 bits per heavy atom. The molecule has 0 aromatic carbocycles. The first kappa shape index (κ1) is 25.0. The molecular weight excluding hydrogens is 504 g/mol. The minimum atomic E-state index is -1.44. The van der Waals surface area contributed by atoms with E-state index in [2.05, 4.69) is 36.6 Å². The van der Waals surface area contributed by atoms with Crippen LogP contribution in [0.5, 0.6) is 0 Å². The van der Waals surface area contributed by atoms with E-state index in [0.717, 1.165) is 6.07 Å². The predicted molar refractivity (Wildman–Crippen MR) is 119 cm³/mol. The van der Waals surface area contributed by atoms with Crippen molar-refractivity contribution in [2.24, 2.45) is 7.05 Å². The number of rotatable bonds is 4. The summed E-state index contributed by atoms with van der Waals surface area (Å²) in [5.74, 6) is -1.15. The highest BCUT2D eigenvalue weighted by molar-refractivity contribution is 9.10. The fraction of sp³-hybridized carbons (Fsp3) is 0.524. The molecule has 0 bridgehead atoms. The number of halogens is 3. The number of carbonyl (C=O) groups is 2. The van der Waals surface area contributed by atoms with E-state index >= 15 is 0 Å². The van der Waals surface area contributed by atoms with Crippen molar-refractivity contribution >= 4 is 33.6 Å². The van der Waals surface area contributed by atoms with E-state index in [9.17, 15) is 18.4 Å². The molecule has 3 atom stereocenters. The normalized spacial score (nSPS) is 21.2. The van der Waals surface area contributed by atoms with Crippen molar-refractivity contribution in [1.29, 1.82) is 0 Å². The van der Waals surface area contributed by atoms with Crippen LogP contribution in [0.4, 0.5) is 19.3 Å². The molecule has 3 heterocycles. The molecule has 1 saturated heterocycles. The third kappa shape index (κ3) is 6.47. The first-order valence-corrected chi connectivity index (χ1v) is 11.1. The lowest BCUT2D eigenvalue weighted by molar-refractivity contribution is 0.0202. The van der Waals surface area contributed by atoms with Gasteiger partial charge in [-0.3, -0.25) is 9.48 Å². The van der Waals surface area contributed by atoms with E-state index in [1.165, 1.54) is 16.9 Å². The monoisotopic (exact) mass is 529 g/mol. The Bertz CT molecular complexity index is 1030. The minimum Gasteiger partial charge on any atom is -0.444 e. The molecule has 2 N–H and O–H groups in total. The molecule has 9 nitrogen and oxygen atoms in total. The molecule has 0 radical (unpaired) electrons. The van der Waals surface area contributed by atoms with Crippen LogP contribution in [0.15, 0.2) is 22.9 Å². The topological polar surface area (TPSA) is 107 Å². The molecule has 1 aliphatic heterocycles. The summed E-state index contributed by atoms with van der Waals surface area (Å²) in [7, 11) is 1.68. The highest BCUT2D eigenvalue weighted by Gasteiger charge is 2.33. The van der Waals surface area contributed by atoms with Gasteiger partial charge in [-0.25, -0.2) is 18.6 Å². The first-order valence-electron chi connectivity index (χ1n) is 10.3. The van der Waals surface area contributed by atoms with Crippen molar-refractivity contribution in [1.82, 2.24) is 20.1 Å². The maximum Gasteiger partial charge on any atom is 0.407 e. The lowest BCUT2D eigenvalue weighted by Gasteiger charge is -2.24. The summed E-state index contributed by atoms with van der Waals surface area (Å²) in [6.45, 7) is 4.93. The van der Waals surface area contributed by atoms with Crippen molar-refractivity contribution in [3.63, 3.8) is 0 Å². The van der Waals surface area contributed by atoms with Crippen molar-refractivity contribution in [3.05, 3.63) is 40.1 Å². The van der Waals surface area contributed by atoms with Gasteiger partial charge in [-0.2, -0.15) is 5.10 Å². The number of aryl methyl sites for hydroxylation is 1. The van der Waals surface area contributed by atoms with Gasteiger partial charge >= 0.3 is 6.09 Å². The Balaban J connectivity index is 1.71. The van der Waals surface area contributed by atoms with Crippen molar-refractivity contribution in [3.8, 4) is 0 Å². The van der Waals surface area contributed by atoms with Gasteiger partial charge in [0.05, 0.1) is 30.2 Å². The number of anilines is 1. The molecule has 180 valence electrons. The molecule has 3 unspecified atom stereocenters. The molecule has 0 saturated carbocycles. The van der Waals surface area contributed by atoms with Crippen LogP contribution in [0.1, 0.15) is 55.9 Å². The average Bonchev–Trinajstić information content (AvgIpc) is 2.97. The van der Waals surface area contributed by atoms with Crippen LogP contribution in [-0.4, -0.2) is 51.2 Å². The maximum atomic E-state index is 14.7. The lowest BCUT2D eigenvalue weighted by Crippen LogP contribution is -2.44. The summed E-state index contributed by atoms with van der Waals surface area (Å²) in [5, 5.41) is 9.45. The van der Waals surface area contributed by atoms with E-state index in [1.54, 1.807) is 27.8 Å². The zero-order valence-corrected chi connectivity index (χ0v) is 20.3. The Labute approximate surface area is 198 Å². The lowest BCUT2D eigenvalue weighted by atomic mass is 10.0. The summed E-state index contributed by atoms with van der Waals surface area (Å²) >= 11 is 2.96. The number of nitrogens with one attached hydrogen (secondary N) is 2. The van der Waals surface area contributed by atoms with Crippen LogP contribution in [0, 0.1) is 5.82 Å². The number of ether oxygens (including phenoxy) is 2. The molecule has 2 aromatic rings. The summed E-state index contributed by atoms with van der Waals surface area (Å²) in [4.78, 5) is 28.6. The number of alkyl carbamates (subject to hydrolysis) is 1. The van der Waals surface area contributed by atoms with Gasteiger partial charge < -0.3 is 20.1 Å². The second kappa shape index (κ2) is 10.1. The SMILES string of the molecule is Cn1ncc(NC(=O)c2ccc(F)c(Br)n2)c1C1CCC(NC(=O)OC(C)(C)C)C(F)CO1. The Hall–Kier alpha value is -2.60. The van der Waals surface area contributed by atoms with E-state index in [-0.39, 0.29) is 23.3 Å². The minimum absolute atomic E-state index is 0.00492. The standard InChI is InChI=1S/C21H26BrF2N5O4/c1-21(2,3)33-20(31)28-13-7-8-16(32-10-12(13)24)17-15(9-25-29(17)4)27-19(30)14-6-5-11(23)18(22)26-14/h5-6,9,12-13,16H,7-8,10H2,1-4H3,(H,27,30)(H,28,31). The molecule has 2 aromatic heterocycles. The summed E-state index contributed by atoms with van der Waals surface area (Å²) in [5.41, 5.74) is 0.208. The summed E-state index contributed by atoms with van der Waals surface area (Å²) < 4.78 is 40.5. The molecule has 12 heteroatoms. The second-order valence-corrected chi connectivity index (χ2v) is 9.41. The fourth-order valence-electron chi connectivity index (χ4n) is 3.41. The number of nitrogens with zero attached hydrogens (tertiary/aromatic N) is 3. The van der Waals surface area contributed by atoms with Crippen LogP contribution in [0.25, 0.3) is 0 Å². The van der Waals surface area contributed by atoms with Gasteiger partial charge in [0, 0.05) is 7.05 Å². The molecule has 1 aliphatic rings. The van der Waals surface area contributed by atoms with Gasteiger partial charge in [0.15, 0.2) is 5.82 Å². The van der Waals surface area contributed by atoms with E-state index < -0.39 is 41.7 Å². The molecule has 1 fully saturated rings. The quantitative estimate of drug-likeness (QED) is 0.578. The Morgan fingerprint density at radius 3 is 2.70 bits per heavy atom. The van der Waals surface area contributed by atoms with Gasteiger partial charge in [-0.1, -0.05) is 0 Å². The third-order valence-electron chi connectivity index (χ3n) is 4.91. The van der Waals surface area contributed by atoms with E-state index in [4.69, 9.17) is 9.47 Å². The first-order chi connectivity index (χ1) is 15.4. The summed E-state index contributed by atoms with van der Waals surface area (Å²) in [6, 6.07) is 1.61. The van der Waals surface area contributed by atoms with E-state index in [1.807, 2.05) is 0 Å². The Kier molecular flexibility index (Phi) is 7.68. The van der Waals surface area contributed by atoms with Gasteiger partial charge in [-0.05, 0) is 61.7 Å². The average molecular weight is 530 g/mol. The van der Waals surface area contributed by atoms with Crippen molar-refractivity contribution in [2.75, 3.05) is 11.9 Å². The second-order valence-electron chi connectivity index (χ2n) is 8.66. The van der Waals surface area contributed by atoms with Crippen molar-refractivity contribution in [2.45, 2.75) is 57.5 Å². The number of pyridine rings is 1. The summed E-state index contributed by atoms with van der Waals surface area (Å²) in [6.07, 6.45) is -0.609. The molecule has 0 aliphatic carbocycles. The molecule has 3 rings (SSSR count). The van der Waals surface area contributed by atoms with Crippen LogP contribution in [0.2, 0.25) is 0 Å². The number of alkyl halides is 1. The highest BCUT2D eigenvalue weighted by atomic mass is 79.9. The zero-order valence-electron chi connectivity index (χ0n) is 18.7. The fourth-order valence-corrected chi connectivity index (χ4v) is 3.73. The highest BCUT2D eigenvalue weighted by Crippen LogP contribution is 2.33. The molecule has 33 heavy (non-hydrogen) atoms. The van der Waals surface area contributed by atoms with Crippen molar-refractivity contribution < 1.29 is 27.8 Å². The van der Waals surface area contributed by atoms with Crippen LogP contribution < -0.4 is 10.6 Å². The number of carbonyl (C=O) groups excluding carboxylic acids is 2. The molecule has 0 spiro atoms. The van der Waals surface area contributed by atoms with Gasteiger partial charge in [-0.15, -0.1) is 0 Å². The van der Waals surface area contributed by atoms with Gasteiger partial charge in [0.2, 0.25) is 0 Å². The third-order valence-corrected chi connectivity index (χ3v) is 5.46. The Morgan fingerprint density at radius 2 is 2.03 bits per heavy atom. The van der Waals surface area contributed by atoms with Crippen LogP contribution in [0.3, 0.4) is 0 Å². The molecule has 2 amide bonds. The smallest absolute Gasteiger partial charge is 0.407 e. The number of hydrogen-bond donors (Lipinski definition) is 2. The zero-order chi connectivity index (χ0) is 24.3. The van der Waals surface area contributed by atoms with Crippen LogP contribution in [-0.2, 0) is 16.5 Å². The van der Waals surface area contributed by atoms with E-state index in [0.29, 0.717) is 17.8 Å². The largest absolute Gasteiger partial charge is 0.444 e. The number of aromatic nitrogens is 3. The maximum absolute atomic E-state index is 14.7. The van der Waals surface area contributed by atoms with Gasteiger partial charge in [0.25, 0.3) is 5.91 Å². The molecular formula is C21H26BrF2N5O4. The number of amides is 2. The van der Waals surface area contributed by atoms with Crippen LogP contribution >= 0.6 is 15.9 Å².